The van der Waals surface area contributed by atoms with E-state index in [0.29, 0.717) is 5.04 Å². The third-order valence-electron chi connectivity index (χ3n) is 2.83. The SMILES string of the molecule is Cc1cc(C(C)(C)O[SiH2]C(C)(C)C)ccc1N. The van der Waals surface area contributed by atoms with Crippen LogP contribution in [0.15, 0.2) is 18.2 Å². The number of hydrogen-bond acceptors (Lipinski definition) is 2. The van der Waals surface area contributed by atoms with Crippen molar-refractivity contribution in [3.05, 3.63) is 29.3 Å². The van der Waals surface area contributed by atoms with E-state index in [1.165, 1.54) is 5.56 Å². The first-order chi connectivity index (χ1) is 7.62. The van der Waals surface area contributed by atoms with Crippen LogP contribution in [0.2, 0.25) is 5.04 Å². The van der Waals surface area contributed by atoms with Gasteiger partial charge in [-0.05, 0) is 43.0 Å². The van der Waals surface area contributed by atoms with Gasteiger partial charge in [0.15, 0.2) is 9.76 Å². The van der Waals surface area contributed by atoms with Crippen LogP contribution >= 0.6 is 0 Å². The lowest BCUT2D eigenvalue weighted by atomic mass is 9.96. The summed E-state index contributed by atoms with van der Waals surface area (Å²) in [6, 6.07) is 6.17. The quantitative estimate of drug-likeness (QED) is 0.662. The van der Waals surface area contributed by atoms with E-state index in [0.717, 1.165) is 11.3 Å². The van der Waals surface area contributed by atoms with Gasteiger partial charge in [0.25, 0.3) is 0 Å². The highest BCUT2D eigenvalue weighted by molar-refractivity contribution is 6.31. The highest BCUT2D eigenvalue weighted by atomic mass is 28.2. The number of aryl methyl sites for hydroxylation is 1. The van der Waals surface area contributed by atoms with Crippen LogP contribution in [0.25, 0.3) is 0 Å². The van der Waals surface area contributed by atoms with Crippen molar-refractivity contribution >= 4 is 15.5 Å². The van der Waals surface area contributed by atoms with Crippen LogP contribution in [0.1, 0.15) is 45.7 Å². The van der Waals surface area contributed by atoms with Crippen LogP contribution in [0.4, 0.5) is 5.69 Å². The Labute approximate surface area is 108 Å². The first-order valence-electron chi connectivity index (χ1n) is 6.12. The second-order valence-corrected chi connectivity index (χ2v) is 9.13. The van der Waals surface area contributed by atoms with Gasteiger partial charge < -0.3 is 10.2 Å². The largest absolute Gasteiger partial charge is 0.415 e. The molecule has 0 bridgehead atoms. The van der Waals surface area contributed by atoms with E-state index in [4.69, 9.17) is 10.2 Å². The van der Waals surface area contributed by atoms with E-state index >= 15 is 0 Å². The monoisotopic (exact) mass is 251 g/mol. The maximum Gasteiger partial charge on any atom is 0.168 e. The predicted octanol–water partition coefficient (Wildman–Crippen LogP) is 3.13. The number of anilines is 1. The van der Waals surface area contributed by atoms with Crippen LogP contribution in [-0.4, -0.2) is 9.76 Å². The van der Waals surface area contributed by atoms with Crippen molar-refractivity contribution in [3.8, 4) is 0 Å². The molecule has 0 aliphatic rings. The molecule has 1 aromatic rings. The predicted molar refractivity (Wildman–Crippen MR) is 78.0 cm³/mol. The van der Waals surface area contributed by atoms with E-state index in [1.54, 1.807) is 0 Å². The molecule has 0 amide bonds. The number of nitrogen functional groups attached to an aromatic ring is 1. The lowest BCUT2D eigenvalue weighted by Crippen LogP contribution is -2.27. The average molecular weight is 251 g/mol. The van der Waals surface area contributed by atoms with Gasteiger partial charge in [0.1, 0.15) is 0 Å². The average Bonchev–Trinajstić information content (AvgIpc) is 2.18. The Kier molecular flexibility index (Phi) is 4.05. The minimum absolute atomic E-state index is 0.210. The van der Waals surface area contributed by atoms with E-state index in [-0.39, 0.29) is 5.60 Å². The topological polar surface area (TPSA) is 35.2 Å². The Morgan fingerprint density at radius 1 is 1.12 bits per heavy atom. The fraction of sp³-hybridized carbons (Fsp3) is 0.571. The van der Waals surface area contributed by atoms with Crippen molar-refractivity contribution in [2.24, 2.45) is 0 Å². The molecule has 0 fully saturated rings. The van der Waals surface area contributed by atoms with Crippen molar-refractivity contribution in [1.29, 1.82) is 0 Å². The molecular weight excluding hydrogens is 226 g/mol. The highest BCUT2D eigenvalue weighted by Gasteiger charge is 2.24. The molecule has 0 aliphatic heterocycles. The van der Waals surface area contributed by atoms with E-state index in [2.05, 4.69) is 46.8 Å². The second-order valence-electron chi connectivity index (χ2n) is 6.43. The maximum atomic E-state index is 6.17. The van der Waals surface area contributed by atoms with Crippen molar-refractivity contribution in [3.63, 3.8) is 0 Å². The molecule has 3 heteroatoms. The molecule has 1 rings (SSSR count). The normalized spacial score (nSPS) is 13.5. The Balaban J connectivity index is 2.85. The molecule has 0 saturated heterocycles. The van der Waals surface area contributed by atoms with E-state index in [9.17, 15) is 0 Å². The summed E-state index contributed by atoms with van der Waals surface area (Å²) >= 11 is 0. The third-order valence-corrected chi connectivity index (χ3v) is 4.56. The maximum absolute atomic E-state index is 6.17. The molecule has 0 saturated carbocycles. The zero-order valence-corrected chi connectivity index (χ0v) is 13.3. The molecule has 2 N–H and O–H groups in total. The number of benzene rings is 1. The van der Waals surface area contributed by atoms with Gasteiger partial charge in [-0.3, -0.25) is 0 Å². The summed E-state index contributed by atoms with van der Waals surface area (Å²) in [5.74, 6) is 0. The number of rotatable bonds is 3. The molecule has 0 aliphatic carbocycles. The first-order valence-corrected chi connectivity index (χ1v) is 7.41. The molecule has 2 nitrogen and oxygen atoms in total. The summed E-state index contributed by atoms with van der Waals surface area (Å²) in [5, 5.41) is 0.320. The van der Waals surface area contributed by atoms with E-state index < -0.39 is 9.76 Å². The molecule has 0 spiro atoms. The Morgan fingerprint density at radius 3 is 2.18 bits per heavy atom. The standard InChI is InChI=1S/C14H25NOSi/c1-10-9-11(7-8-12(10)15)14(5,6)16-17-13(2,3)4/h7-9H,15,17H2,1-6H3. The zero-order valence-electron chi connectivity index (χ0n) is 11.9. The minimum Gasteiger partial charge on any atom is -0.415 e. The lowest BCUT2D eigenvalue weighted by Gasteiger charge is -2.30. The summed E-state index contributed by atoms with van der Waals surface area (Å²) in [6.07, 6.45) is 0. The summed E-state index contributed by atoms with van der Waals surface area (Å²) in [7, 11) is -0.552. The molecular formula is C14H25NOSi. The summed E-state index contributed by atoms with van der Waals surface area (Å²) in [5.41, 5.74) is 8.81. The van der Waals surface area contributed by atoms with Gasteiger partial charge in [0, 0.05) is 5.69 Å². The molecule has 0 aromatic heterocycles. The van der Waals surface area contributed by atoms with Crippen molar-refractivity contribution < 1.29 is 4.43 Å². The van der Waals surface area contributed by atoms with Crippen molar-refractivity contribution in [1.82, 2.24) is 0 Å². The minimum atomic E-state index is -0.552. The highest BCUT2D eigenvalue weighted by Crippen LogP contribution is 2.30. The van der Waals surface area contributed by atoms with Gasteiger partial charge in [-0.1, -0.05) is 32.9 Å². The first kappa shape index (κ1) is 14.3. The molecule has 0 radical (unpaired) electrons. The summed E-state index contributed by atoms with van der Waals surface area (Å²) in [6.45, 7) is 13.0. The van der Waals surface area contributed by atoms with Crippen molar-refractivity contribution in [2.45, 2.75) is 52.2 Å². The third kappa shape index (κ3) is 4.17. The lowest BCUT2D eigenvalue weighted by molar-refractivity contribution is 0.109. The van der Waals surface area contributed by atoms with Gasteiger partial charge in [-0.15, -0.1) is 0 Å². The van der Waals surface area contributed by atoms with Crippen LogP contribution in [-0.2, 0) is 10.0 Å². The molecule has 17 heavy (non-hydrogen) atoms. The molecule has 96 valence electrons. The Bertz CT molecular complexity index is 394. The summed E-state index contributed by atoms with van der Waals surface area (Å²) in [4.78, 5) is 0. The smallest absolute Gasteiger partial charge is 0.168 e. The number of nitrogens with two attached hydrogens (primary N) is 1. The van der Waals surface area contributed by atoms with E-state index in [1.807, 2.05) is 13.0 Å². The molecule has 0 heterocycles. The van der Waals surface area contributed by atoms with Gasteiger partial charge in [0.05, 0.1) is 5.60 Å². The molecule has 1 aromatic carbocycles. The number of hydrogen-bond donors (Lipinski definition) is 1. The molecule has 0 atom stereocenters. The van der Waals surface area contributed by atoms with Crippen LogP contribution in [0, 0.1) is 6.92 Å². The summed E-state index contributed by atoms with van der Waals surface area (Å²) < 4.78 is 6.17. The second kappa shape index (κ2) is 4.82. The molecule has 0 unspecified atom stereocenters. The van der Waals surface area contributed by atoms with Gasteiger partial charge in [0.2, 0.25) is 0 Å². The van der Waals surface area contributed by atoms with Crippen LogP contribution in [0.5, 0.6) is 0 Å². The van der Waals surface area contributed by atoms with Crippen molar-refractivity contribution in [2.75, 3.05) is 5.73 Å². The van der Waals surface area contributed by atoms with Gasteiger partial charge >= 0.3 is 0 Å². The van der Waals surface area contributed by atoms with Crippen LogP contribution in [0.3, 0.4) is 0 Å². The van der Waals surface area contributed by atoms with Gasteiger partial charge in [-0.2, -0.15) is 0 Å². The Morgan fingerprint density at radius 2 is 1.71 bits per heavy atom. The van der Waals surface area contributed by atoms with Crippen LogP contribution < -0.4 is 5.73 Å². The zero-order chi connectivity index (χ0) is 13.3. The fourth-order valence-corrected chi connectivity index (χ4v) is 2.49. The Hall–Kier alpha value is -0.803. The van der Waals surface area contributed by atoms with Gasteiger partial charge in [-0.25, -0.2) is 0 Å². The fourth-order valence-electron chi connectivity index (χ4n) is 1.53.